The van der Waals surface area contributed by atoms with Gasteiger partial charge in [-0.25, -0.2) is 9.48 Å². The van der Waals surface area contributed by atoms with Crippen molar-refractivity contribution in [3.63, 3.8) is 0 Å². The summed E-state index contributed by atoms with van der Waals surface area (Å²) < 4.78 is 1.76. The highest BCUT2D eigenvalue weighted by Crippen LogP contribution is 2.24. The van der Waals surface area contributed by atoms with E-state index in [4.69, 9.17) is 0 Å². The van der Waals surface area contributed by atoms with E-state index in [0.29, 0.717) is 12.2 Å². The second-order valence-corrected chi connectivity index (χ2v) is 6.47. The molecule has 0 amide bonds. The number of carboxylic acids is 1. The molecule has 2 rings (SSSR count). The second-order valence-electron chi connectivity index (χ2n) is 6.47. The van der Waals surface area contributed by atoms with Crippen LogP contribution in [0.4, 0.5) is 0 Å². The smallest absolute Gasteiger partial charge is 0.358 e. The fourth-order valence-electron chi connectivity index (χ4n) is 2.78. The van der Waals surface area contributed by atoms with Crippen molar-refractivity contribution in [1.29, 1.82) is 0 Å². The molecule has 20 heavy (non-hydrogen) atoms. The Balaban J connectivity index is 2.12. The normalized spacial score (nSPS) is 17.4. The lowest BCUT2D eigenvalue weighted by molar-refractivity contribution is 0.0687. The summed E-state index contributed by atoms with van der Waals surface area (Å²) in [7, 11) is 0. The SMILES string of the molecule is CC(C)(C)c1c(C(=O)O)nnn1CCN1CCCCC1. The first kappa shape index (κ1) is 15.0. The average Bonchev–Trinajstić information content (AvgIpc) is 2.81. The number of aromatic carboxylic acids is 1. The molecule has 0 aromatic carbocycles. The number of carboxylic acid groups (broad SMARTS) is 1. The van der Waals surface area contributed by atoms with Gasteiger partial charge in [-0.05, 0) is 25.9 Å². The highest BCUT2D eigenvalue weighted by atomic mass is 16.4. The molecule has 0 radical (unpaired) electrons. The van der Waals surface area contributed by atoms with Crippen molar-refractivity contribution in [2.24, 2.45) is 0 Å². The molecule has 1 N–H and O–H groups in total. The number of likely N-dealkylation sites (tertiary alicyclic amines) is 1. The van der Waals surface area contributed by atoms with E-state index < -0.39 is 5.97 Å². The molecule has 1 aliphatic rings. The standard InChI is InChI=1S/C14H24N4O2/c1-14(2,3)12-11(13(19)20)15-16-18(12)10-9-17-7-5-4-6-8-17/h4-10H2,1-3H3,(H,19,20). The van der Waals surface area contributed by atoms with E-state index >= 15 is 0 Å². The summed E-state index contributed by atoms with van der Waals surface area (Å²) in [5, 5.41) is 17.1. The van der Waals surface area contributed by atoms with Gasteiger partial charge in [0.1, 0.15) is 0 Å². The number of hydrogen-bond donors (Lipinski definition) is 1. The maximum absolute atomic E-state index is 11.3. The molecule has 2 heterocycles. The molecule has 1 fully saturated rings. The average molecular weight is 280 g/mol. The summed E-state index contributed by atoms with van der Waals surface area (Å²) in [6, 6.07) is 0. The minimum Gasteiger partial charge on any atom is -0.476 e. The molecule has 1 aromatic rings. The van der Waals surface area contributed by atoms with Crippen molar-refractivity contribution in [3.05, 3.63) is 11.4 Å². The van der Waals surface area contributed by atoms with Crippen LogP contribution < -0.4 is 0 Å². The van der Waals surface area contributed by atoms with Crippen LogP contribution in [0.3, 0.4) is 0 Å². The molecule has 0 saturated carbocycles. The lowest BCUT2D eigenvalue weighted by Gasteiger charge is -2.27. The van der Waals surface area contributed by atoms with Crippen LogP contribution in [0.5, 0.6) is 0 Å². The van der Waals surface area contributed by atoms with Gasteiger partial charge in [-0.2, -0.15) is 0 Å². The van der Waals surface area contributed by atoms with Crippen molar-refractivity contribution in [2.45, 2.75) is 52.0 Å². The van der Waals surface area contributed by atoms with Crippen molar-refractivity contribution in [2.75, 3.05) is 19.6 Å². The van der Waals surface area contributed by atoms with E-state index in [-0.39, 0.29) is 11.1 Å². The molecular formula is C14H24N4O2. The fourth-order valence-corrected chi connectivity index (χ4v) is 2.78. The number of nitrogens with zero attached hydrogens (tertiary/aromatic N) is 4. The van der Waals surface area contributed by atoms with Crippen LogP contribution in [0.15, 0.2) is 0 Å². The third-order valence-electron chi connectivity index (χ3n) is 3.72. The lowest BCUT2D eigenvalue weighted by atomic mass is 9.90. The summed E-state index contributed by atoms with van der Waals surface area (Å²) in [4.78, 5) is 13.7. The van der Waals surface area contributed by atoms with Gasteiger partial charge >= 0.3 is 5.97 Å². The Morgan fingerprint density at radius 3 is 2.40 bits per heavy atom. The second kappa shape index (κ2) is 5.91. The van der Waals surface area contributed by atoms with Crippen LogP contribution in [0.25, 0.3) is 0 Å². The molecule has 0 bridgehead atoms. The number of carbonyl (C=O) groups is 1. The van der Waals surface area contributed by atoms with E-state index in [1.807, 2.05) is 20.8 Å². The van der Waals surface area contributed by atoms with Crippen LogP contribution in [-0.4, -0.2) is 50.6 Å². The predicted octanol–water partition coefficient (Wildman–Crippen LogP) is 1.76. The summed E-state index contributed by atoms with van der Waals surface area (Å²) >= 11 is 0. The first-order chi connectivity index (χ1) is 9.39. The Hall–Kier alpha value is -1.43. The Bertz CT molecular complexity index is 470. The molecule has 0 aliphatic carbocycles. The molecule has 1 aliphatic heterocycles. The first-order valence-electron chi connectivity index (χ1n) is 7.29. The zero-order valence-electron chi connectivity index (χ0n) is 12.6. The van der Waals surface area contributed by atoms with Gasteiger partial charge in [-0.15, -0.1) is 5.10 Å². The van der Waals surface area contributed by atoms with E-state index in [1.165, 1.54) is 19.3 Å². The number of piperidine rings is 1. The molecular weight excluding hydrogens is 256 g/mol. The number of hydrogen-bond acceptors (Lipinski definition) is 4. The maximum atomic E-state index is 11.3. The van der Waals surface area contributed by atoms with Crippen LogP contribution in [-0.2, 0) is 12.0 Å². The highest BCUT2D eigenvalue weighted by Gasteiger charge is 2.29. The Labute approximate surface area is 119 Å². The zero-order chi connectivity index (χ0) is 14.8. The summed E-state index contributed by atoms with van der Waals surface area (Å²) in [5.41, 5.74) is 0.511. The Morgan fingerprint density at radius 2 is 1.85 bits per heavy atom. The summed E-state index contributed by atoms with van der Waals surface area (Å²) in [6.07, 6.45) is 3.82. The van der Waals surface area contributed by atoms with E-state index in [0.717, 1.165) is 19.6 Å². The van der Waals surface area contributed by atoms with Gasteiger partial charge in [0.2, 0.25) is 0 Å². The molecule has 1 saturated heterocycles. The molecule has 0 spiro atoms. The van der Waals surface area contributed by atoms with Gasteiger partial charge in [0.25, 0.3) is 0 Å². The number of aromatic nitrogens is 3. The van der Waals surface area contributed by atoms with Gasteiger partial charge in [0, 0.05) is 12.0 Å². The first-order valence-corrected chi connectivity index (χ1v) is 7.29. The van der Waals surface area contributed by atoms with Crippen LogP contribution >= 0.6 is 0 Å². The third-order valence-corrected chi connectivity index (χ3v) is 3.72. The monoisotopic (exact) mass is 280 g/mol. The van der Waals surface area contributed by atoms with Crippen LogP contribution in [0, 0.1) is 0 Å². The van der Waals surface area contributed by atoms with E-state index in [9.17, 15) is 9.90 Å². The molecule has 0 atom stereocenters. The fraction of sp³-hybridized carbons (Fsp3) is 0.786. The number of rotatable bonds is 4. The molecule has 0 unspecified atom stereocenters. The summed E-state index contributed by atoms with van der Waals surface area (Å²) in [6.45, 7) is 9.86. The van der Waals surface area contributed by atoms with Crippen LogP contribution in [0.2, 0.25) is 0 Å². The molecule has 6 heteroatoms. The topological polar surface area (TPSA) is 71.2 Å². The highest BCUT2D eigenvalue weighted by molar-refractivity contribution is 5.86. The van der Waals surface area contributed by atoms with Gasteiger partial charge in [0.15, 0.2) is 5.69 Å². The largest absolute Gasteiger partial charge is 0.476 e. The minimum atomic E-state index is -1.00. The van der Waals surface area contributed by atoms with Crippen molar-refractivity contribution in [3.8, 4) is 0 Å². The van der Waals surface area contributed by atoms with E-state index in [1.54, 1.807) is 4.68 Å². The Morgan fingerprint density at radius 1 is 1.20 bits per heavy atom. The van der Waals surface area contributed by atoms with Crippen LogP contribution in [0.1, 0.15) is 56.2 Å². The predicted molar refractivity (Wildman–Crippen MR) is 76.0 cm³/mol. The minimum absolute atomic E-state index is 0.0798. The van der Waals surface area contributed by atoms with E-state index in [2.05, 4.69) is 15.2 Å². The zero-order valence-corrected chi connectivity index (χ0v) is 12.6. The summed E-state index contributed by atoms with van der Waals surface area (Å²) in [5.74, 6) is -1.00. The van der Waals surface area contributed by atoms with Gasteiger partial charge in [-0.3, -0.25) is 0 Å². The Kier molecular flexibility index (Phi) is 4.42. The van der Waals surface area contributed by atoms with Gasteiger partial charge in [-0.1, -0.05) is 32.4 Å². The third kappa shape index (κ3) is 3.36. The van der Waals surface area contributed by atoms with Crippen molar-refractivity contribution in [1.82, 2.24) is 19.9 Å². The molecule has 112 valence electrons. The molecule has 6 nitrogen and oxygen atoms in total. The maximum Gasteiger partial charge on any atom is 0.358 e. The van der Waals surface area contributed by atoms with Gasteiger partial charge < -0.3 is 10.0 Å². The van der Waals surface area contributed by atoms with Crippen molar-refractivity contribution < 1.29 is 9.90 Å². The lowest BCUT2D eigenvalue weighted by Crippen LogP contribution is -2.34. The van der Waals surface area contributed by atoms with Crippen molar-refractivity contribution >= 4 is 5.97 Å². The molecule has 1 aromatic heterocycles. The quantitative estimate of drug-likeness (QED) is 0.910. The van der Waals surface area contributed by atoms with Gasteiger partial charge in [0.05, 0.1) is 12.2 Å².